The maximum Gasteiger partial charge on any atom is 0.258 e. The molecule has 1 amide bonds. The molecule has 2 aromatic rings. The van der Waals surface area contributed by atoms with Gasteiger partial charge in [-0.05, 0) is 49.1 Å². The van der Waals surface area contributed by atoms with Gasteiger partial charge in [0.05, 0.1) is 0 Å². The highest BCUT2D eigenvalue weighted by Gasteiger charge is 2.22. The van der Waals surface area contributed by atoms with Crippen LogP contribution in [-0.4, -0.2) is 12.5 Å². The number of anilines is 1. The fraction of sp³-hybridized carbons (Fsp3) is 0.235. The van der Waals surface area contributed by atoms with Crippen molar-refractivity contribution in [2.45, 2.75) is 19.3 Å². The average Bonchev–Trinajstić information content (AvgIpc) is 2.68. The third-order valence-electron chi connectivity index (χ3n) is 3.71. The Labute approximate surface area is 137 Å². The SMILES string of the molecule is O=C(c1cc(Cl)cc(Br)c1)N1CCCCc2ccccc21. The van der Waals surface area contributed by atoms with Gasteiger partial charge < -0.3 is 4.90 Å². The Morgan fingerprint density at radius 2 is 1.95 bits per heavy atom. The number of nitrogens with zero attached hydrogens (tertiary/aromatic N) is 1. The number of aryl methyl sites for hydroxylation is 1. The van der Waals surface area contributed by atoms with Crippen molar-refractivity contribution >= 4 is 39.1 Å². The van der Waals surface area contributed by atoms with E-state index in [0.717, 1.165) is 36.0 Å². The molecule has 0 aliphatic carbocycles. The van der Waals surface area contributed by atoms with Crippen LogP contribution in [0.2, 0.25) is 5.02 Å². The molecule has 3 rings (SSSR count). The Morgan fingerprint density at radius 1 is 1.14 bits per heavy atom. The first-order chi connectivity index (χ1) is 10.1. The molecule has 0 spiro atoms. The van der Waals surface area contributed by atoms with Gasteiger partial charge in [-0.2, -0.15) is 0 Å². The Balaban J connectivity index is 2.01. The molecular formula is C17H15BrClNO. The van der Waals surface area contributed by atoms with E-state index >= 15 is 0 Å². The molecule has 0 saturated carbocycles. The van der Waals surface area contributed by atoms with Crippen molar-refractivity contribution in [2.24, 2.45) is 0 Å². The summed E-state index contributed by atoms with van der Waals surface area (Å²) in [6.07, 6.45) is 3.15. The maximum absolute atomic E-state index is 12.9. The van der Waals surface area contributed by atoms with Gasteiger partial charge in [-0.15, -0.1) is 0 Å². The Kier molecular flexibility index (Phi) is 4.32. The molecule has 0 unspecified atom stereocenters. The molecule has 2 aromatic carbocycles. The van der Waals surface area contributed by atoms with Crippen LogP contribution >= 0.6 is 27.5 Å². The van der Waals surface area contributed by atoms with Crippen LogP contribution in [0.15, 0.2) is 46.9 Å². The zero-order valence-corrected chi connectivity index (χ0v) is 13.8. The number of amides is 1. The number of halogens is 2. The van der Waals surface area contributed by atoms with Gasteiger partial charge in [0, 0.05) is 27.3 Å². The highest BCUT2D eigenvalue weighted by Crippen LogP contribution is 2.28. The molecular weight excluding hydrogens is 350 g/mol. The first-order valence-corrected chi connectivity index (χ1v) is 8.18. The number of carbonyl (C=O) groups is 1. The first kappa shape index (κ1) is 14.6. The molecule has 2 nitrogen and oxygen atoms in total. The minimum Gasteiger partial charge on any atom is -0.308 e. The second-order valence-corrected chi connectivity index (χ2v) is 6.55. The number of fused-ring (bicyclic) bond motifs is 1. The third kappa shape index (κ3) is 3.14. The van der Waals surface area contributed by atoms with Gasteiger partial charge in [-0.3, -0.25) is 4.79 Å². The Bertz CT molecular complexity index is 666. The van der Waals surface area contributed by atoms with Crippen molar-refractivity contribution in [3.63, 3.8) is 0 Å². The van der Waals surface area contributed by atoms with Gasteiger partial charge in [0.1, 0.15) is 0 Å². The number of hydrogen-bond acceptors (Lipinski definition) is 1. The highest BCUT2D eigenvalue weighted by molar-refractivity contribution is 9.10. The summed E-state index contributed by atoms with van der Waals surface area (Å²) >= 11 is 9.46. The highest BCUT2D eigenvalue weighted by atomic mass is 79.9. The minimum absolute atomic E-state index is 0.00699. The van der Waals surface area contributed by atoms with Gasteiger partial charge >= 0.3 is 0 Å². The van der Waals surface area contributed by atoms with Gasteiger partial charge in [0.15, 0.2) is 0 Å². The summed E-state index contributed by atoms with van der Waals surface area (Å²) < 4.78 is 0.821. The number of para-hydroxylation sites is 1. The molecule has 1 aliphatic heterocycles. The number of carbonyl (C=O) groups excluding carboxylic acids is 1. The van der Waals surface area contributed by atoms with Crippen LogP contribution in [0.4, 0.5) is 5.69 Å². The van der Waals surface area contributed by atoms with Crippen LogP contribution in [0, 0.1) is 0 Å². The van der Waals surface area contributed by atoms with Crippen LogP contribution in [-0.2, 0) is 6.42 Å². The molecule has 21 heavy (non-hydrogen) atoms. The van der Waals surface area contributed by atoms with Crippen LogP contribution in [0.3, 0.4) is 0 Å². The number of benzene rings is 2. The molecule has 0 atom stereocenters. The molecule has 1 heterocycles. The molecule has 0 saturated heterocycles. The summed E-state index contributed by atoms with van der Waals surface area (Å²) in [5.41, 5.74) is 2.88. The van der Waals surface area contributed by atoms with Crippen LogP contribution < -0.4 is 4.90 Å². The summed E-state index contributed by atoms with van der Waals surface area (Å²) in [5.74, 6) is 0.00699. The summed E-state index contributed by atoms with van der Waals surface area (Å²) in [7, 11) is 0. The van der Waals surface area contributed by atoms with E-state index in [0.29, 0.717) is 10.6 Å². The Morgan fingerprint density at radius 3 is 2.76 bits per heavy atom. The van der Waals surface area contributed by atoms with Crippen molar-refractivity contribution in [3.8, 4) is 0 Å². The maximum atomic E-state index is 12.9. The Hall–Kier alpha value is -1.32. The predicted molar refractivity (Wildman–Crippen MR) is 90.2 cm³/mol. The molecule has 4 heteroatoms. The van der Waals surface area contributed by atoms with Crippen molar-refractivity contribution in [1.29, 1.82) is 0 Å². The van der Waals surface area contributed by atoms with E-state index in [2.05, 4.69) is 22.0 Å². The van der Waals surface area contributed by atoms with Crippen molar-refractivity contribution in [1.82, 2.24) is 0 Å². The smallest absolute Gasteiger partial charge is 0.258 e. The van der Waals surface area contributed by atoms with E-state index < -0.39 is 0 Å². The summed E-state index contributed by atoms with van der Waals surface area (Å²) in [5, 5.41) is 0.566. The number of rotatable bonds is 1. The monoisotopic (exact) mass is 363 g/mol. The first-order valence-electron chi connectivity index (χ1n) is 7.01. The van der Waals surface area contributed by atoms with E-state index in [-0.39, 0.29) is 5.91 Å². The lowest BCUT2D eigenvalue weighted by atomic mass is 10.1. The lowest BCUT2D eigenvalue weighted by Gasteiger charge is -2.23. The third-order valence-corrected chi connectivity index (χ3v) is 4.39. The number of hydrogen-bond donors (Lipinski definition) is 0. The van der Waals surface area contributed by atoms with Gasteiger partial charge in [-0.1, -0.05) is 45.7 Å². The van der Waals surface area contributed by atoms with E-state index in [1.54, 1.807) is 12.1 Å². The van der Waals surface area contributed by atoms with E-state index in [9.17, 15) is 4.79 Å². The van der Waals surface area contributed by atoms with E-state index in [1.807, 2.05) is 29.2 Å². The molecule has 0 fully saturated rings. The second-order valence-electron chi connectivity index (χ2n) is 5.20. The topological polar surface area (TPSA) is 20.3 Å². The molecule has 0 bridgehead atoms. The standard InChI is InChI=1S/C17H15BrClNO/c18-14-9-13(10-15(19)11-14)17(21)20-8-4-3-6-12-5-1-2-7-16(12)20/h1-2,5,7,9-11H,3-4,6,8H2. The van der Waals surface area contributed by atoms with Crippen molar-refractivity contribution in [3.05, 3.63) is 63.1 Å². The van der Waals surface area contributed by atoms with Gasteiger partial charge in [0.2, 0.25) is 0 Å². The molecule has 0 radical (unpaired) electrons. The minimum atomic E-state index is 0.00699. The van der Waals surface area contributed by atoms with Crippen LogP contribution in [0.5, 0.6) is 0 Å². The lowest BCUT2D eigenvalue weighted by Crippen LogP contribution is -2.31. The van der Waals surface area contributed by atoms with Crippen LogP contribution in [0.25, 0.3) is 0 Å². The normalized spacial score (nSPS) is 14.5. The van der Waals surface area contributed by atoms with Gasteiger partial charge in [0.25, 0.3) is 5.91 Å². The molecule has 0 aromatic heterocycles. The molecule has 0 N–H and O–H groups in total. The fourth-order valence-electron chi connectivity index (χ4n) is 2.74. The predicted octanol–water partition coefficient (Wildman–Crippen LogP) is 5.09. The summed E-state index contributed by atoms with van der Waals surface area (Å²) in [4.78, 5) is 14.7. The van der Waals surface area contributed by atoms with Crippen molar-refractivity contribution < 1.29 is 4.79 Å². The lowest BCUT2D eigenvalue weighted by molar-refractivity contribution is 0.0987. The second kappa shape index (κ2) is 6.20. The largest absolute Gasteiger partial charge is 0.308 e. The summed E-state index contributed by atoms with van der Waals surface area (Å²) in [6, 6.07) is 13.5. The summed E-state index contributed by atoms with van der Waals surface area (Å²) in [6.45, 7) is 0.750. The molecule has 108 valence electrons. The zero-order valence-electron chi connectivity index (χ0n) is 11.5. The zero-order chi connectivity index (χ0) is 14.8. The van der Waals surface area contributed by atoms with Gasteiger partial charge in [-0.25, -0.2) is 0 Å². The van der Waals surface area contributed by atoms with E-state index in [1.165, 1.54) is 5.56 Å². The quantitative estimate of drug-likeness (QED) is 0.690. The van der Waals surface area contributed by atoms with Crippen molar-refractivity contribution in [2.75, 3.05) is 11.4 Å². The fourth-order valence-corrected chi connectivity index (χ4v) is 3.60. The average molecular weight is 365 g/mol. The molecule has 1 aliphatic rings. The van der Waals surface area contributed by atoms with E-state index in [4.69, 9.17) is 11.6 Å². The van der Waals surface area contributed by atoms with Crippen LogP contribution in [0.1, 0.15) is 28.8 Å².